The molecule has 2 aromatic heterocycles. The molecule has 3 aromatic rings. The molecule has 26 heavy (non-hydrogen) atoms. The van der Waals surface area contributed by atoms with Gasteiger partial charge in [0.05, 0.1) is 19.0 Å². The van der Waals surface area contributed by atoms with Gasteiger partial charge in [0.1, 0.15) is 16.4 Å². The number of aryl methyl sites for hydroxylation is 1. The molecule has 1 atom stereocenters. The zero-order valence-corrected chi connectivity index (χ0v) is 16.5. The quantitative estimate of drug-likeness (QED) is 0.641. The van der Waals surface area contributed by atoms with Gasteiger partial charge in [0.15, 0.2) is 0 Å². The van der Waals surface area contributed by atoms with Crippen LogP contribution in [0.25, 0.3) is 10.2 Å². The molecule has 0 aliphatic rings. The van der Waals surface area contributed by atoms with E-state index in [0.717, 1.165) is 40.1 Å². The monoisotopic (exact) mass is 371 g/mol. The standard InChI is InChI=1S/C20H25N3O2S/c1-5-12(2)10-16-13(3)26-20-18(16)19(24)22-17(23-20)11-21-14-6-8-15(25-4)9-7-14/h6-9,12,21H,5,10-11H2,1-4H3,(H,22,23,24)/t12-/m0/s1. The van der Waals surface area contributed by atoms with Crippen LogP contribution in [0.15, 0.2) is 29.1 Å². The number of hydrogen-bond donors (Lipinski definition) is 2. The number of fused-ring (bicyclic) bond motifs is 1. The fraction of sp³-hybridized carbons (Fsp3) is 0.400. The number of methoxy groups -OCH3 is 1. The third kappa shape index (κ3) is 3.90. The number of nitrogens with one attached hydrogen (secondary N) is 2. The molecule has 138 valence electrons. The number of thiophene rings is 1. The largest absolute Gasteiger partial charge is 0.497 e. The van der Waals surface area contributed by atoms with Gasteiger partial charge < -0.3 is 15.0 Å². The van der Waals surface area contributed by atoms with Gasteiger partial charge in [-0.1, -0.05) is 20.3 Å². The lowest BCUT2D eigenvalue weighted by molar-refractivity contribution is 0.415. The minimum Gasteiger partial charge on any atom is -0.497 e. The summed E-state index contributed by atoms with van der Waals surface area (Å²) in [5, 5.41) is 4.05. The first-order valence-corrected chi connectivity index (χ1v) is 9.72. The lowest BCUT2D eigenvalue weighted by atomic mass is 9.98. The van der Waals surface area contributed by atoms with Crippen LogP contribution in [0.1, 0.15) is 36.5 Å². The van der Waals surface area contributed by atoms with Crippen LogP contribution in [0.3, 0.4) is 0 Å². The normalized spacial score (nSPS) is 12.3. The molecule has 6 heteroatoms. The minimum absolute atomic E-state index is 0.0378. The topological polar surface area (TPSA) is 67.0 Å². The first kappa shape index (κ1) is 18.5. The van der Waals surface area contributed by atoms with E-state index in [-0.39, 0.29) is 5.56 Å². The highest BCUT2D eigenvalue weighted by molar-refractivity contribution is 7.18. The van der Waals surface area contributed by atoms with E-state index in [1.165, 1.54) is 4.88 Å². The number of aromatic amines is 1. The third-order valence-electron chi connectivity index (χ3n) is 4.71. The second-order valence-electron chi connectivity index (χ2n) is 6.63. The average Bonchev–Trinajstić information content (AvgIpc) is 2.96. The summed E-state index contributed by atoms with van der Waals surface area (Å²) in [6.07, 6.45) is 2.03. The van der Waals surface area contributed by atoms with Gasteiger partial charge in [-0.2, -0.15) is 0 Å². The molecule has 0 unspecified atom stereocenters. The van der Waals surface area contributed by atoms with Crippen LogP contribution in [0, 0.1) is 12.8 Å². The van der Waals surface area contributed by atoms with Crippen molar-refractivity contribution in [2.75, 3.05) is 12.4 Å². The molecule has 0 saturated heterocycles. The van der Waals surface area contributed by atoms with Gasteiger partial charge in [-0.3, -0.25) is 4.79 Å². The molecule has 2 heterocycles. The molecular weight excluding hydrogens is 346 g/mol. The molecule has 0 fully saturated rings. The van der Waals surface area contributed by atoms with E-state index < -0.39 is 0 Å². The number of H-pyrrole nitrogens is 1. The number of nitrogens with zero attached hydrogens (tertiary/aromatic N) is 1. The van der Waals surface area contributed by atoms with Gasteiger partial charge in [-0.25, -0.2) is 4.98 Å². The second kappa shape index (κ2) is 7.91. The Kier molecular flexibility index (Phi) is 5.61. The Morgan fingerprint density at radius 2 is 2.04 bits per heavy atom. The molecule has 0 radical (unpaired) electrons. The molecule has 0 aliphatic carbocycles. The molecule has 0 amide bonds. The highest BCUT2D eigenvalue weighted by Crippen LogP contribution is 2.29. The predicted molar refractivity (Wildman–Crippen MR) is 108 cm³/mol. The fourth-order valence-electron chi connectivity index (χ4n) is 2.94. The summed E-state index contributed by atoms with van der Waals surface area (Å²) in [5.41, 5.74) is 2.07. The van der Waals surface area contributed by atoms with Crippen molar-refractivity contribution in [1.29, 1.82) is 0 Å². The van der Waals surface area contributed by atoms with Crippen molar-refractivity contribution >= 4 is 27.2 Å². The van der Waals surface area contributed by atoms with E-state index in [1.807, 2.05) is 24.3 Å². The van der Waals surface area contributed by atoms with Crippen LogP contribution in [0.2, 0.25) is 0 Å². The molecule has 0 saturated carbocycles. The molecule has 0 spiro atoms. The highest BCUT2D eigenvalue weighted by Gasteiger charge is 2.16. The zero-order chi connectivity index (χ0) is 18.7. The third-order valence-corrected chi connectivity index (χ3v) is 5.75. The van der Waals surface area contributed by atoms with Crippen LogP contribution < -0.4 is 15.6 Å². The van der Waals surface area contributed by atoms with Crippen molar-refractivity contribution in [2.24, 2.45) is 5.92 Å². The van der Waals surface area contributed by atoms with Gasteiger partial charge in [-0.05, 0) is 49.1 Å². The van der Waals surface area contributed by atoms with E-state index in [4.69, 9.17) is 4.74 Å². The number of rotatable bonds is 7. The Balaban J connectivity index is 1.83. The number of aromatic nitrogens is 2. The molecular formula is C20H25N3O2S. The van der Waals surface area contributed by atoms with Crippen LogP contribution in [0.5, 0.6) is 5.75 Å². The van der Waals surface area contributed by atoms with Crippen molar-refractivity contribution in [2.45, 2.75) is 40.2 Å². The molecule has 2 N–H and O–H groups in total. The summed E-state index contributed by atoms with van der Waals surface area (Å²) in [6, 6.07) is 7.67. The SMILES string of the molecule is CC[C@H](C)Cc1c(C)sc2nc(CNc3ccc(OC)cc3)[nH]c(=O)c12. The van der Waals surface area contributed by atoms with E-state index in [1.54, 1.807) is 18.4 Å². The molecule has 0 aliphatic heterocycles. The first-order valence-electron chi connectivity index (χ1n) is 8.90. The van der Waals surface area contributed by atoms with Crippen LogP contribution in [-0.4, -0.2) is 17.1 Å². The number of ether oxygens (including phenoxy) is 1. The molecule has 5 nitrogen and oxygen atoms in total. The Hall–Kier alpha value is -2.34. The van der Waals surface area contributed by atoms with Gasteiger partial charge >= 0.3 is 0 Å². The maximum absolute atomic E-state index is 12.7. The lowest BCUT2D eigenvalue weighted by Gasteiger charge is -2.09. The van der Waals surface area contributed by atoms with Crippen molar-refractivity contribution in [1.82, 2.24) is 9.97 Å². The Morgan fingerprint density at radius 1 is 1.31 bits per heavy atom. The molecule has 0 bridgehead atoms. The van der Waals surface area contributed by atoms with Crippen molar-refractivity contribution in [3.05, 3.63) is 50.9 Å². The van der Waals surface area contributed by atoms with Crippen molar-refractivity contribution in [3.63, 3.8) is 0 Å². The molecule has 1 aromatic carbocycles. The second-order valence-corrected chi connectivity index (χ2v) is 7.83. The Morgan fingerprint density at radius 3 is 2.69 bits per heavy atom. The summed E-state index contributed by atoms with van der Waals surface area (Å²) in [5.74, 6) is 2.02. The van der Waals surface area contributed by atoms with E-state index in [0.29, 0.717) is 18.3 Å². The van der Waals surface area contributed by atoms with Crippen LogP contribution >= 0.6 is 11.3 Å². The maximum Gasteiger partial charge on any atom is 0.259 e. The van der Waals surface area contributed by atoms with E-state index in [9.17, 15) is 4.79 Å². The zero-order valence-electron chi connectivity index (χ0n) is 15.7. The number of anilines is 1. The van der Waals surface area contributed by atoms with Gasteiger partial charge in [0, 0.05) is 10.6 Å². The predicted octanol–water partition coefficient (Wildman–Crippen LogP) is 4.50. The maximum atomic E-state index is 12.7. The highest BCUT2D eigenvalue weighted by atomic mass is 32.1. The minimum atomic E-state index is -0.0378. The summed E-state index contributed by atoms with van der Waals surface area (Å²) in [6.45, 7) is 6.95. The molecule has 3 rings (SSSR count). The summed E-state index contributed by atoms with van der Waals surface area (Å²) >= 11 is 1.61. The smallest absolute Gasteiger partial charge is 0.259 e. The number of benzene rings is 1. The fourth-order valence-corrected chi connectivity index (χ4v) is 4.01. The average molecular weight is 372 g/mol. The summed E-state index contributed by atoms with van der Waals surface area (Å²) in [7, 11) is 1.64. The summed E-state index contributed by atoms with van der Waals surface area (Å²) in [4.78, 5) is 22.3. The van der Waals surface area contributed by atoms with E-state index >= 15 is 0 Å². The van der Waals surface area contributed by atoms with Crippen molar-refractivity contribution < 1.29 is 4.74 Å². The Labute approximate surface area is 157 Å². The van der Waals surface area contributed by atoms with Gasteiger partial charge in [0.2, 0.25) is 0 Å². The van der Waals surface area contributed by atoms with Gasteiger partial charge in [-0.15, -0.1) is 11.3 Å². The van der Waals surface area contributed by atoms with Crippen molar-refractivity contribution in [3.8, 4) is 5.75 Å². The van der Waals surface area contributed by atoms with E-state index in [2.05, 4.69) is 36.1 Å². The summed E-state index contributed by atoms with van der Waals surface area (Å²) < 4.78 is 5.16. The first-order chi connectivity index (χ1) is 12.5. The van der Waals surface area contributed by atoms with Gasteiger partial charge in [0.25, 0.3) is 5.56 Å². The Bertz CT molecular complexity index is 944. The lowest BCUT2D eigenvalue weighted by Crippen LogP contribution is -2.15. The van der Waals surface area contributed by atoms with Crippen LogP contribution in [0.4, 0.5) is 5.69 Å². The van der Waals surface area contributed by atoms with Crippen LogP contribution in [-0.2, 0) is 13.0 Å². The number of hydrogen-bond acceptors (Lipinski definition) is 5.